The van der Waals surface area contributed by atoms with Gasteiger partial charge in [0.25, 0.3) is 5.91 Å². The maximum absolute atomic E-state index is 12.6. The molecular weight excluding hydrogens is 296 g/mol. The van der Waals surface area contributed by atoms with Crippen LogP contribution >= 0.6 is 11.8 Å². The van der Waals surface area contributed by atoms with E-state index in [2.05, 4.69) is 11.2 Å². The van der Waals surface area contributed by atoms with Crippen molar-refractivity contribution in [1.29, 1.82) is 0 Å². The summed E-state index contributed by atoms with van der Waals surface area (Å²) in [6, 6.07) is 9.65. The highest BCUT2D eigenvalue weighted by Gasteiger charge is 2.25. The smallest absolute Gasteiger partial charge is 0.291 e. The van der Waals surface area contributed by atoms with Gasteiger partial charge in [0.2, 0.25) is 11.7 Å². The lowest BCUT2D eigenvalue weighted by atomic mass is 10.2. The van der Waals surface area contributed by atoms with Crippen LogP contribution in [0.5, 0.6) is 0 Å². The van der Waals surface area contributed by atoms with Gasteiger partial charge in [-0.2, -0.15) is 11.8 Å². The fourth-order valence-electron chi connectivity index (χ4n) is 2.72. The molecule has 1 atom stereocenters. The van der Waals surface area contributed by atoms with Gasteiger partial charge in [-0.1, -0.05) is 24.6 Å². The van der Waals surface area contributed by atoms with Crippen LogP contribution in [-0.4, -0.2) is 40.4 Å². The molecule has 22 heavy (non-hydrogen) atoms. The van der Waals surface area contributed by atoms with Gasteiger partial charge in [0.1, 0.15) is 0 Å². The number of carbonyl (C=O) groups excluding carboxylic acids is 1. The van der Waals surface area contributed by atoms with E-state index in [1.165, 1.54) is 12.8 Å². The number of amides is 1. The molecule has 0 aliphatic carbocycles. The molecule has 0 N–H and O–H groups in total. The van der Waals surface area contributed by atoms with Gasteiger partial charge in [0.15, 0.2) is 0 Å². The Kier molecular flexibility index (Phi) is 4.83. The van der Waals surface area contributed by atoms with Crippen LogP contribution in [0.2, 0.25) is 0 Å². The Bertz CT molecular complexity index is 627. The summed E-state index contributed by atoms with van der Waals surface area (Å²) >= 11 is 1.84. The number of likely N-dealkylation sites (tertiary alicyclic amines) is 1. The van der Waals surface area contributed by atoms with Crippen molar-refractivity contribution in [3.63, 3.8) is 0 Å². The number of hydrogen-bond acceptors (Lipinski definition) is 4. The van der Waals surface area contributed by atoms with Crippen molar-refractivity contribution in [2.24, 2.45) is 0 Å². The first-order valence-corrected chi connectivity index (χ1v) is 8.90. The largest absolute Gasteiger partial charge is 0.431 e. The van der Waals surface area contributed by atoms with E-state index in [-0.39, 0.29) is 5.91 Å². The topological polar surface area (TPSA) is 46.3 Å². The Morgan fingerprint density at radius 3 is 2.91 bits per heavy atom. The van der Waals surface area contributed by atoms with Gasteiger partial charge in [0.05, 0.1) is 6.20 Å². The van der Waals surface area contributed by atoms with Crippen molar-refractivity contribution in [2.75, 3.05) is 19.3 Å². The second-order valence-corrected chi connectivity index (χ2v) is 6.64. The maximum atomic E-state index is 12.6. The first kappa shape index (κ1) is 15.2. The third-order valence-electron chi connectivity index (χ3n) is 3.99. The van der Waals surface area contributed by atoms with Crippen LogP contribution in [0, 0.1) is 0 Å². The molecular formula is C17H20N2O2S. The molecule has 1 aromatic heterocycles. The Labute approximate surface area is 134 Å². The molecule has 1 aromatic carbocycles. The molecule has 1 fully saturated rings. The Morgan fingerprint density at radius 1 is 1.32 bits per heavy atom. The second kappa shape index (κ2) is 7.01. The van der Waals surface area contributed by atoms with Crippen LogP contribution in [0.3, 0.4) is 0 Å². The number of thioether (sulfide) groups is 1. The lowest BCUT2D eigenvalue weighted by Crippen LogP contribution is -2.35. The highest BCUT2D eigenvalue weighted by molar-refractivity contribution is 7.99. The van der Waals surface area contributed by atoms with Crippen LogP contribution < -0.4 is 0 Å². The first-order chi connectivity index (χ1) is 10.8. The van der Waals surface area contributed by atoms with Crippen molar-refractivity contribution in [1.82, 2.24) is 9.88 Å². The summed E-state index contributed by atoms with van der Waals surface area (Å²) in [7, 11) is 0. The van der Waals surface area contributed by atoms with Crippen LogP contribution in [0.15, 0.2) is 40.9 Å². The fraction of sp³-hybridized carbons (Fsp3) is 0.412. The second-order valence-electron chi connectivity index (χ2n) is 5.50. The van der Waals surface area contributed by atoms with E-state index in [1.807, 2.05) is 47.0 Å². The van der Waals surface area contributed by atoms with E-state index in [0.29, 0.717) is 16.9 Å². The zero-order valence-corrected chi connectivity index (χ0v) is 13.5. The number of nitrogens with zero attached hydrogens (tertiary/aromatic N) is 2. The van der Waals surface area contributed by atoms with Crippen molar-refractivity contribution in [2.45, 2.75) is 24.5 Å². The lowest BCUT2D eigenvalue weighted by Gasteiger charge is -2.22. The van der Waals surface area contributed by atoms with Gasteiger partial charge < -0.3 is 9.32 Å². The molecule has 2 aromatic rings. The first-order valence-electron chi connectivity index (χ1n) is 7.61. The van der Waals surface area contributed by atoms with Crippen molar-refractivity contribution < 1.29 is 9.21 Å². The van der Waals surface area contributed by atoms with Crippen molar-refractivity contribution >= 4 is 17.7 Å². The molecule has 1 aliphatic heterocycles. The average Bonchev–Trinajstić information content (AvgIpc) is 2.93. The van der Waals surface area contributed by atoms with E-state index in [1.54, 1.807) is 6.20 Å². The van der Waals surface area contributed by atoms with Crippen LogP contribution in [0.4, 0.5) is 0 Å². The summed E-state index contributed by atoms with van der Waals surface area (Å²) < 4.78 is 5.69. The molecule has 1 unspecified atom stereocenters. The lowest BCUT2D eigenvalue weighted by molar-refractivity contribution is 0.0732. The number of aromatic nitrogens is 1. The SMILES string of the molecule is CSC1CCCCN(C(=O)c2cnc(-c3ccccc3)o2)C1. The minimum atomic E-state index is -0.0457. The van der Waals surface area contributed by atoms with E-state index in [9.17, 15) is 4.79 Å². The molecule has 1 amide bonds. The summed E-state index contributed by atoms with van der Waals surface area (Å²) in [5, 5.41) is 0.517. The molecule has 3 rings (SSSR count). The van der Waals surface area contributed by atoms with Crippen molar-refractivity contribution in [3.05, 3.63) is 42.3 Å². The number of rotatable bonds is 3. The van der Waals surface area contributed by atoms with E-state index >= 15 is 0 Å². The molecule has 0 radical (unpaired) electrons. The molecule has 0 spiro atoms. The molecule has 0 bridgehead atoms. The summed E-state index contributed by atoms with van der Waals surface area (Å²) in [5.41, 5.74) is 0.888. The molecule has 1 saturated heterocycles. The molecule has 116 valence electrons. The highest BCUT2D eigenvalue weighted by atomic mass is 32.2. The minimum absolute atomic E-state index is 0.0457. The summed E-state index contributed by atoms with van der Waals surface area (Å²) in [4.78, 5) is 18.8. The number of hydrogen-bond donors (Lipinski definition) is 0. The molecule has 1 aliphatic rings. The van der Waals surface area contributed by atoms with Crippen LogP contribution in [-0.2, 0) is 0 Å². The fourth-order valence-corrected chi connectivity index (χ4v) is 3.45. The number of oxazole rings is 1. The minimum Gasteiger partial charge on any atom is -0.431 e. The van der Waals surface area contributed by atoms with E-state index in [4.69, 9.17) is 4.42 Å². The molecule has 0 saturated carbocycles. The monoisotopic (exact) mass is 316 g/mol. The summed E-state index contributed by atoms with van der Waals surface area (Å²) in [5.74, 6) is 0.788. The molecule has 2 heterocycles. The highest BCUT2D eigenvalue weighted by Crippen LogP contribution is 2.23. The average molecular weight is 316 g/mol. The zero-order valence-electron chi connectivity index (χ0n) is 12.7. The van der Waals surface area contributed by atoms with Gasteiger partial charge in [-0.15, -0.1) is 0 Å². The third-order valence-corrected chi connectivity index (χ3v) is 5.04. The van der Waals surface area contributed by atoms with Gasteiger partial charge in [0, 0.05) is 23.9 Å². The van der Waals surface area contributed by atoms with Gasteiger partial charge in [-0.3, -0.25) is 4.79 Å². The zero-order chi connectivity index (χ0) is 15.4. The summed E-state index contributed by atoms with van der Waals surface area (Å²) in [6.45, 7) is 1.60. The van der Waals surface area contributed by atoms with Gasteiger partial charge in [-0.25, -0.2) is 4.98 Å². The van der Waals surface area contributed by atoms with Gasteiger partial charge >= 0.3 is 0 Å². The molecule has 5 heteroatoms. The maximum Gasteiger partial charge on any atom is 0.291 e. The molecule has 4 nitrogen and oxygen atoms in total. The van der Waals surface area contributed by atoms with Crippen molar-refractivity contribution in [3.8, 4) is 11.5 Å². The Morgan fingerprint density at radius 2 is 2.14 bits per heavy atom. The van der Waals surface area contributed by atoms with E-state index in [0.717, 1.165) is 25.1 Å². The normalized spacial score (nSPS) is 19.0. The quantitative estimate of drug-likeness (QED) is 0.866. The van der Waals surface area contributed by atoms with Gasteiger partial charge in [-0.05, 0) is 31.2 Å². The standard InChI is InChI=1S/C17H20N2O2S/c1-22-14-9-5-6-10-19(12-14)17(20)15-11-18-16(21-15)13-7-3-2-4-8-13/h2-4,7-8,11,14H,5-6,9-10,12H2,1H3. The Balaban J connectivity index is 1.76. The number of benzene rings is 1. The van der Waals surface area contributed by atoms with E-state index < -0.39 is 0 Å². The third kappa shape index (κ3) is 3.35. The Hall–Kier alpha value is -1.75. The van der Waals surface area contributed by atoms with Crippen LogP contribution in [0.25, 0.3) is 11.5 Å². The number of carbonyl (C=O) groups is 1. The summed E-state index contributed by atoms with van der Waals surface area (Å²) in [6.07, 6.45) is 7.07. The van der Waals surface area contributed by atoms with Crippen LogP contribution in [0.1, 0.15) is 29.8 Å². The predicted octanol–water partition coefficient (Wildman–Crippen LogP) is 3.70. The predicted molar refractivity (Wildman–Crippen MR) is 89.0 cm³/mol.